The summed E-state index contributed by atoms with van der Waals surface area (Å²) in [5, 5.41) is 1.62. The largest absolute Gasteiger partial charge is 0.467 e. The zero-order valence-electron chi connectivity index (χ0n) is 7.25. The smallest absolute Gasteiger partial charge is 0.333 e. The molecule has 0 fully saturated rings. The minimum absolute atomic E-state index is 0.342. The lowest BCUT2D eigenvalue weighted by atomic mass is 10.2. The SMILES string of the molecule is O=P(O)(O)Cc1occ2ccccc12. The molecule has 4 nitrogen and oxygen atoms in total. The van der Waals surface area contributed by atoms with Crippen molar-refractivity contribution < 1.29 is 18.8 Å². The third-order valence-corrected chi connectivity index (χ3v) is 2.64. The molecule has 14 heavy (non-hydrogen) atoms. The van der Waals surface area contributed by atoms with E-state index in [0.717, 1.165) is 10.8 Å². The summed E-state index contributed by atoms with van der Waals surface area (Å²) < 4.78 is 15.9. The zero-order valence-corrected chi connectivity index (χ0v) is 8.15. The first-order chi connectivity index (χ1) is 6.56. The second-order valence-corrected chi connectivity index (χ2v) is 4.71. The van der Waals surface area contributed by atoms with E-state index in [1.807, 2.05) is 12.1 Å². The molecule has 2 aromatic rings. The Morgan fingerprint density at radius 2 is 2.00 bits per heavy atom. The predicted molar refractivity (Wildman–Crippen MR) is 52.0 cm³/mol. The molecule has 1 heterocycles. The molecule has 0 saturated carbocycles. The molecule has 1 aromatic carbocycles. The Bertz CT molecular complexity index is 496. The van der Waals surface area contributed by atoms with Crippen LogP contribution in [0.5, 0.6) is 0 Å². The quantitative estimate of drug-likeness (QED) is 0.748. The predicted octanol–water partition coefficient (Wildman–Crippen LogP) is 2.11. The van der Waals surface area contributed by atoms with Gasteiger partial charge in [-0.2, -0.15) is 0 Å². The molecule has 0 saturated heterocycles. The molecule has 0 spiro atoms. The fraction of sp³-hybridized carbons (Fsp3) is 0.111. The van der Waals surface area contributed by atoms with Gasteiger partial charge in [-0.05, 0) is 0 Å². The van der Waals surface area contributed by atoms with E-state index in [9.17, 15) is 4.57 Å². The molecule has 2 rings (SSSR count). The van der Waals surface area contributed by atoms with Crippen molar-refractivity contribution in [3.63, 3.8) is 0 Å². The molecule has 0 aliphatic heterocycles. The van der Waals surface area contributed by atoms with E-state index in [1.54, 1.807) is 12.1 Å². The molecule has 5 heteroatoms. The second-order valence-electron chi connectivity index (χ2n) is 3.07. The summed E-state index contributed by atoms with van der Waals surface area (Å²) in [6.07, 6.45) is 1.15. The standard InChI is InChI=1S/C9H9O4P/c10-14(11,12)6-9-8-4-2-1-3-7(8)5-13-9/h1-5H,6H2,(H2,10,11,12). The van der Waals surface area contributed by atoms with Crippen LogP contribution in [0.1, 0.15) is 5.76 Å². The molecular formula is C9H9O4P. The van der Waals surface area contributed by atoms with Crippen molar-refractivity contribution >= 4 is 18.4 Å². The number of rotatable bonds is 2. The Labute approximate surface area is 80.3 Å². The van der Waals surface area contributed by atoms with Crippen molar-refractivity contribution in [1.82, 2.24) is 0 Å². The van der Waals surface area contributed by atoms with Crippen LogP contribution < -0.4 is 0 Å². The summed E-state index contributed by atoms with van der Waals surface area (Å²) in [7, 11) is -4.05. The molecule has 74 valence electrons. The van der Waals surface area contributed by atoms with E-state index in [4.69, 9.17) is 14.2 Å². The molecule has 0 bridgehead atoms. The number of benzene rings is 1. The number of hydrogen-bond donors (Lipinski definition) is 2. The van der Waals surface area contributed by atoms with Gasteiger partial charge in [0.2, 0.25) is 0 Å². The van der Waals surface area contributed by atoms with Crippen LogP contribution in [0.15, 0.2) is 34.9 Å². The Balaban J connectivity index is 2.49. The monoisotopic (exact) mass is 212 g/mol. The van der Waals surface area contributed by atoms with Crippen LogP contribution in [0.2, 0.25) is 0 Å². The van der Waals surface area contributed by atoms with Crippen LogP contribution in [-0.4, -0.2) is 9.79 Å². The minimum Gasteiger partial charge on any atom is -0.467 e. The highest BCUT2D eigenvalue weighted by Gasteiger charge is 2.18. The fourth-order valence-corrected chi connectivity index (χ4v) is 1.98. The van der Waals surface area contributed by atoms with E-state index in [2.05, 4.69) is 0 Å². The second kappa shape index (κ2) is 3.24. The van der Waals surface area contributed by atoms with Gasteiger partial charge in [-0.15, -0.1) is 0 Å². The molecule has 0 aliphatic rings. The molecule has 0 unspecified atom stereocenters. The highest BCUT2D eigenvalue weighted by molar-refractivity contribution is 7.50. The van der Waals surface area contributed by atoms with Gasteiger partial charge in [-0.1, -0.05) is 24.3 Å². The van der Waals surface area contributed by atoms with E-state index >= 15 is 0 Å². The third kappa shape index (κ3) is 1.87. The van der Waals surface area contributed by atoms with Crippen LogP contribution in [0, 0.1) is 0 Å². The van der Waals surface area contributed by atoms with Crippen molar-refractivity contribution in [2.24, 2.45) is 0 Å². The molecular weight excluding hydrogens is 203 g/mol. The molecule has 0 atom stereocenters. The van der Waals surface area contributed by atoms with E-state index in [-0.39, 0.29) is 6.16 Å². The third-order valence-electron chi connectivity index (χ3n) is 1.94. The summed E-state index contributed by atoms with van der Waals surface area (Å²) in [5.41, 5.74) is 0. The van der Waals surface area contributed by atoms with Crippen molar-refractivity contribution in [1.29, 1.82) is 0 Å². The van der Waals surface area contributed by atoms with Gasteiger partial charge in [0.1, 0.15) is 11.9 Å². The van der Waals surface area contributed by atoms with Gasteiger partial charge in [0.25, 0.3) is 0 Å². The van der Waals surface area contributed by atoms with Gasteiger partial charge in [0, 0.05) is 10.8 Å². The summed E-state index contributed by atoms with van der Waals surface area (Å²) in [5.74, 6) is 0.342. The lowest BCUT2D eigenvalue weighted by Crippen LogP contribution is -1.84. The van der Waals surface area contributed by atoms with Gasteiger partial charge in [0.05, 0.1) is 6.26 Å². The van der Waals surface area contributed by atoms with E-state index in [1.165, 1.54) is 6.26 Å². The lowest BCUT2D eigenvalue weighted by Gasteiger charge is -2.00. The Morgan fingerprint density at radius 1 is 1.29 bits per heavy atom. The number of hydrogen-bond acceptors (Lipinski definition) is 2. The Hall–Kier alpha value is -1.09. The maximum Gasteiger partial charge on any atom is 0.333 e. The van der Waals surface area contributed by atoms with Gasteiger partial charge >= 0.3 is 7.60 Å². The average molecular weight is 212 g/mol. The highest BCUT2D eigenvalue weighted by atomic mass is 31.2. The molecule has 0 amide bonds. The molecule has 0 aliphatic carbocycles. The van der Waals surface area contributed by atoms with Crippen LogP contribution in [0.25, 0.3) is 10.8 Å². The minimum atomic E-state index is -4.05. The normalized spacial score (nSPS) is 12.1. The van der Waals surface area contributed by atoms with Gasteiger partial charge < -0.3 is 14.2 Å². The first-order valence-corrected chi connectivity index (χ1v) is 5.86. The first-order valence-electron chi connectivity index (χ1n) is 4.06. The van der Waals surface area contributed by atoms with Gasteiger partial charge in [-0.3, -0.25) is 4.57 Å². The van der Waals surface area contributed by atoms with Crippen LogP contribution in [-0.2, 0) is 10.7 Å². The zero-order chi connectivity index (χ0) is 10.2. The van der Waals surface area contributed by atoms with Crippen LogP contribution in [0.4, 0.5) is 0 Å². The van der Waals surface area contributed by atoms with Crippen molar-refractivity contribution in [2.45, 2.75) is 6.16 Å². The molecule has 0 radical (unpaired) electrons. The average Bonchev–Trinajstić information content (AvgIpc) is 2.47. The van der Waals surface area contributed by atoms with Crippen LogP contribution >= 0.6 is 7.60 Å². The molecule has 2 N–H and O–H groups in total. The summed E-state index contributed by atoms with van der Waals surface area (Å²) in [6.45, 7) is 0. The fourth-order valence-electron chi connectivity index (χ4n) is 1.36. The Kier molecular flexibility index (Phi) is 2.19. The van der Waals surface area contributed by atoms with E-state index < -0.39 is 7.60 Å². The van der Waals surface area contributed by atoms with Gasteiger partial charge in [-0.25, -0.2) is 0 Å². The number of fused-ring (bicyclic) bond motifs is 1. The van der Waals surface area contributed by atoms with E-state index in [0.29, 0.717) is 5.76 Å². The van der Waals surface area contributed by atoms with Crippen molar-refractivity contribution in [3.8, 4) is 0 Å². The summed E-state index contributed by atoms with van der Waals surface area (Å²) in [6, 6.07) is 7.27. The topological polar surface area (TPSA) is 70.7 Å². The van der Waals surface area contributed by atoms with Crippen molar-refractivity contribution in [2.75, 3.05) is 0 Å². The lowest BCUT2D eigenvalue weighted by molar-refractivity contribution is 0.366. The Morgan fingerprint density at radius 3 is 2.71 bits per heavy atom. The maximum atomic E-state index is 10.8. The van der Waals surface area contributed by atoms with Crippen molar-refractivity contribution in [3.05, 3.63) is 36.3 Å². The van der Waals surface area contributed by atoms with Gasteiger partial charge in [0.15, 0.2) is 0 Å². The van der Waals surface area contributed by atoms with Crippen LogP contribution in [0.3, 0.4) is 0 Å². The number of furan rings is 1. The summed E-state index contributed by atoms with van der Waals surface area (Å²) >= 11 is 0. The summed E-state index contributed by atoms with van der Waals surface area (Å²) in [4.78, 5) is 17.6. The molecule has 1 aromatic heterocycles. The highest BCUT2D eigenvalue weighted by Crippen LogP contribution is 2.41. The maximum absolute atomic E-state index is 10.8. The first kappa shape index (κ1) is 9.46.